The Labute approximate surface area is 177 Å². The van der Waals surface area contributed by atoms with Gasteiger partial charge in [-0.05, 0) is 49.2 Å². The lowest BCUT2D eigenvalue weighted by Crippen LogP contribution is -2.27. The van der Waals surface area contributed by atoms with E-state index in [2.05, 4.69) is 10.3 Å². The first-order valence-electron chi connectivity index (χ1n) is 8.66. The molecule has 154 valence electrons. The second-order valence-corrected chi connectivity index (χ2v) is 8.97. The van der Waals surface area contributed by atoms with Crippen molar-refractivity contribution in [2.75, 3.05) is 25.0 Å². The van der Waals surface area contributed by atoms with Gasteiger partial charge in [-0.15, -0.1) is 0 Å². The molecule has 1 saturated heterocycles. The molecule has 0 atom stereocenters. The van der Waals surface area contributed by atoms with Crippen LogP contribution in [0.1, 0.15) is 23.2 Å². The first kappa shape index (κ1) is 21.5. The van der Waals surface area contributed by atoms with Gasteiger partial charge in [-0.2, -0.15) is 4.31 Å². The van der Waals surface area contributed by atoms with Gasteiger partial charge in [0.05, 0.1) is 10.5 Å². The first-order valence-corrected chi connectivity index (χ1v) is 10.9. The minimum absolute atomic E-state index is 0.0258. The van der Waals surface area contributed by atoms with E-state index in [4.69, 9.17) is 27.9 Å². The van der Waals surface area contributed by atoms with Crippen LogP contribution in [0.25, 0.3) is 0 Å². The molecule has 29 heavy (non-hydrogen) atoms. The van der Waals surface area contributed by atoms with Gasteiger partial charge >= 0.3 is 5.97 Å². The number of nitrogens with one attached hydrogen (secondary N) is 1. The number of ether oxygens (including phenoxy) is 1. The van der Waals surface area contributed by atoms with E-state index in [9.17, 15) is 18.0 Å². The molecular weight excluding hydrogens is 441 g/mol. The fraction of sp³-hybridized carbons (Fsp3) is 0.278. The van der Waals surface area contributed by atoms with E-state index < -0.39 is 28.5 Å². The van der Waals surface area contributed by atoms with E-state index in [1.54, 1.807) is 0 Å². The first-order chi connectivity index (χ1) is 13.8. The van der Waals surface area contributed by atoms with Gasteiger partial charge in [0, 0.05) is 18.8 Å². The number of benzene rings is 1. The number of sulfonamides is 1. The molecule has 11 heteroatoms. The molecule has 0 aliphatic carbocycles. The van der Waals surface area contributed by atoms with Crippen LogP contribution in [0.5, 0.6) is 0 Å². The van der Waals surface area contributed by atoms with Crippen molar-refractivity contribution >= 4 is 50.8 Å². The second-order valence-electron chi connectivity index (χ2n) is 6.26. The monoisotopic (exact) mass is 457 g/mol. The van der Waals surface area contributed by atoms with E-state index in [1.807, 2.05) is 0 Å². The molecule has 1 aromatic heterocycles. The maximum absolute atomic E-state index is 12.5. The highest BCUT2D eigenvalue weighted by Gasteiger charge is 2.26. The van der Waals surface area contributed by atoms with Crippen LogP contribution in [-0.2, 0) is 19.6 Å². The van der Waals surface area contributed by atoms with Crippen molar-refractivity contribution < 1.29 is 22.7 Å². The van der Waals surface area contributed by atoms with Crippen LogP contribution in [0, 0.1) is 0 Å². The molecule has 3 rings (SSSR count). The van der Waals surface area contributed by atoms with Crippen molar-refractivity contribution in [1.29, 1.82) is 0 Å². The van der Waals surface area contributed by atoms with Crippen LogP contribution < -0.4 is 5.32 Å². The molecule has 2 aromatic rings. The Balaban J connectivity index is 1.56. The van der Waals surface area contributed by atoms with Gasteiger partial charge in [-0.1, -0.05) is 23.2 Å². The fourth-order valence-corrected chi connectivity index (χ4v) is 4.76. The van der Waals surface area contributed by atoms with E-state index in [0.29, 0.717) is 18.8 Å². The standard InChI is InChI=1S/C18H17Cl2N3O5S/c19-15-9-12(10-16(20)22-15)18(25)28-11-17(24)21-13-3-5-14(6-4-13)29(26,27)23-7-1-2-8-23/h3-6,9-10H,1-2,7-8,11H2,(H,21,24). The topological polar surface area (TPSA) is 106 Å². The highest BCUT2D eigenvalue weighted by Crippen LogP contribution is 2.22. The van der Waals surface area contributed by atoms with Crippen molar-refractivity contribution in [2.24, 2.45) is 0 Å². The number of aromatic nitrogens is 1. The maximum Gasteiger partial charge on any atom is 0.338 e. The molecule has 1 aromatic carbocycles. The molecule has 0 saturated carbocycles. The summed E-state index contributed by atoms with van der Waals surface area (Å²) in [5.74, 6) is -1.36. The molecule has 2 heterocycles. The molecule has 8 nitrogen and oxygen atoms in total. The van der Waals surface area contributed by atoms with E-state index in [-0.39, 0.29) is 20.8 Å². The number of esters is 1. The van der Waals surface area contributed by atoms with Gasteiger partial charge in [0.25, 0.3) is 5.91 Å². The summed E-state index contributed by atoms with van der Waals surface area (Å²) in [6, 6.07) is 8.35. The summed E-state index contributed by atoms with van der Waals surface area (Å²) in [6.45, 7) is 0.490. The van der Waals surface area contributed by atoms with Crippen molar-refractivity contribution in [3.05, 3.63) is 52.3 Å². The van der Waals surface area contributed by atoms with Crippen LogP contribution in [0.4, 0.5) is 5.69 Å². The van der Waals surface area contributed by atoms with E-state index in [1.165, 1.54) is 40.7 Å². The van der Waals surface area contributed by atoms with Gasteiger partial charge in [0.2, 0.25) is 10.0 Å². The molecule has 0 bridgehead atoms. The van der Waals surface area contributed by atoms with Crippen LogP contribution >= 0.6 is 23.2 Å². The normalized spacial score (nSPS) is 14.6. The smallest absolute Gasteiger partial charge is 0.338 e. The Morgan fingerprint density at radius 2 is 1.66 bits per heavy atom. The molecule has 1 aliphatic rings. The van der Waals surface area contributed by atoms with Crippen molar-refractivity contribution in [2.45, 2.75) is 17.7 Å². The van der Waals surface area contributed by atoms with Gasteiger partial charge in [-0.25, -0.2) is 18.2 Å². The van der Waals surface area contributed by atoms with Crippen LogP contribution in [0.15, 0.2) is 41.3 Å². The third kappa shape index (κ3) is 5.45. The van der Waals surface area contributed by atoms with E-state index in [0.717, 1.165) is 12.8 Å². The summed E-state index contributed by atoms with van der Waals surface area (Å²) in [6.07, 6.45) is 1.70. The second kappa shape index (κ2) is 9.08. The SMILES string of the molecule is O=C(COC(=O)c1cc(Cl)nc(Cl)c1)Nc1ccc(S(=O)(=O)N2CCCC2)cc1. The Morgan fingerprint density at radius 3 is 2.24 bits per heavy atom. The van der Waals surface area contributed by atoms with Crippen LogP contribution in [0.2, 0.25) is 10.3 Å². The quantitative estimate of drug-likeness (QED) is 0.527. The number of rotatable bonds is 6. The number of pyridine rings is 1. The predicted octanol–water partition coefficient (Wildman–Crippen LogP) is 2.97. The van der Waals surface area contributed by atoms with Crippen LogP contribution in [0.3, 0.4) is 0 Å². The summed E-state index contributed by atoms with van der Waals surface area (Å²) in [5, 5.41) is 2.58. The summed E-state index contributed by atoms with van der Waals surface area (Å²) in [5.41, 5.74) is 0.445. The Hall–Kier alpha value is -2.20. The molecule has 1 amide bonds. The van der Waals surface area contributed by atoms with Crippen molar-refractivity contribution in [3.63, 3.8) is 0 Å². The predicted molar refractivity (Wildman–Crippen MR) is 108 cm³/mol. The van der Waals surface area contributed by atoms with Crippen molar-refractivity contribution in [1.82, 2.24) is 9.29 Å². The number of hydrogen-bond donors (Lipinski definition) is 1. The lowest BCUT2D eigenvalue weighted by atomic mass is 10.3. The number of anilines is 1. The maximum atomic E-state index is 12.5. The molecule has 0 radical (unpaired) electrons. The zero-order valence-corrected chi connectivity index (χ0v) is 17.4. The number of carbonyl (C=O) groups excluding carboxylic acids is 2. The summed E-state index contributed by atoms with van der Waals surface area (Å²) in [7, 11) is -3.52. The zero-order valence-electron chi connectivity index (χ0n) is 15.1. The minimum atomic E-state index is -3.52. The summed E-state index contributed by atoms with van der Waals surface area (Å²) < 4.78 is 31.3. The molecule has 1 N–H and O–H groups in total. The molecule has 0 unspecified atom stereocenters. The highest BCUT2D eigenvalue weighted by molar-refractivity contribution is 7.89. The summed E-state index contributed by atoms with van der Waals surface area (Å²) >= 11 is 11.4. The Morgan fingerprint density at radius 1 is 1.07 bits per heavy atom. The van der Waals surface area contributed by atoms with Crippen LogP contribution in [-0.4, -0.2) is 49.3 Å². The van der Waals surface area contributed by atoms with E-state index >= 15 is 0 Å². The lowest BCUT2D eigenvalue weighted by molar-refractivity contribution is -0.119. The summed E-state index contributed by atoms with van der Waals surface area (Å²) in [4.78, 5) is 27.8. The number of hydrogen-bond acceptors (Lipinski definition) is 6. The third-order valence-corrected chi connectivity index (χ3v) is 6.47. The Kier molecular flexibility index (Phi) is 6.74. The fourth-order valence-electron chi connectivity index (χ4n) is 2.78. The molecular formula is C18H17Cl2N3O5S. The van der Waals surface area contributed by atoms with Gasteiger partial charge in [0.1, 0.15) is 10.3 Å². The number of nitrogens with zero attached hydrogens (tertiary/aromatic N) is 2. The largest absolute Gasteiger partial charge is 0.452 e. The molecule has 1 aliphatic heterocycles. The molecule has 0 spiro atoms. The minimum Gasteiger partial charge on any atom is -0.452 e. The van der Waals surface area contributed by atoms with Crippen molar-refractivity contribution in [3.8, 4) is 0 Å². The highest BCUT2D eigenvalue weighted by atomic mass is 35.5. The number of carbonyl (C=O) groups is 2. The Bertz CT molecular complexity index is 1000. The molecule has 1 fully saturated rings. The number of amides is 1. The number of halogens is 2. The lowest BCUT2D eigenvalue weighted by Gasteiger charge is -2.15. The van der Waals surface area contributed by atoms with Gasteiger partial charge in [0.15, 0.2) is 6.61 Å². The van der Waals surface area contributed by atoms with Gasteiger partial charge < -0.3 is 10.1 Å². The average molecular weight is 458 g/mol. The average Bonchev–Trinajstić information content (AvgIpc) is 3.21. The zero-order chi connectivity index (χ0) is 21.0. The third-order valence-electron chi connectivity index (χ3n) is 4.17. The van der Waals surface area contributed by atoms with Gasteiger partial charge in [-0.3, -0.25) is 4.79 Å².